The zero-order valence-electron chi connectivity index (χ0n) is 19.8. The summed E-state index contributed by atoms with van der Waals surface area (Å²) in [6, 6.07) is 0. The Balaban J connectivity index is 1.39. The summed E-state index contributed by atoms with van der Waals surface area (Å²) >= 11 is 6.07. The smallest absolute Gasteiger partial charge is 0.225 e. The highest BCUT2D eigenvalue weighted by atomic mass is 35.5. The molecule has 1 saturated heterocycles. The fraction of sp³-hybridized carbons (Fsp3) is 0.783. The predicted molar refractivity (Wildman–Crippen MR) is 131 cm³/mol. The van der Waals surface area contributed by atoms with E-state index in [0.29, 0.717) is 10.7 Å². The number of hydrogen-bond donors (Lipinski definition) is 0. The van der Waals surface area contributed by atoms with Gasteiger partial charge in [0.15, 0.2) is 10.7 Å². The largest absolute Gasteiger partial charge is 0.379 e. The van der Waals surface area contributed by atoms with Crippen LogP contribution in [0, 0.1) is 6.92 Å². The van der Waals surface area contributed by atoms with Crippen molar-refractivity contribution in [2.75, 3.05) is 32.8 Å². The van der Waals surface area contributed by atoms with Crippen LogP contribution in [-0.2, 0) is 22.1 Å². The normalized spacial score (nSPS) is 16.3. The van der Waals surface area contributed by atoms with Crippen molar-refractivity contribution in [1.82, 2.24) is 24.4 Å². The van der Waals surface area contributed by atoms with Crippen molar-refractivity contribution in [3.63, 3.8) is 0 Å². The maximum Gasteiger partial charge on any atom is 0.225 e. The lowest BCUT2D eigenvalue weighted by Crippen LogP contribution is -2.36. The summed E-state index contributed by atoms with van der Waals surface area (Å²) in [5.41, 5.74) is 1.32. The van der Waals surface area contributed by atoms with Crippen molar-refractivity contribution in [3.8, 4) is 0 Å². The number of hydrogen-bond acceptors (Lipinski definition) is 6. The standard InChI is InChI=1S/C23H38ClN5O2S/c1-18(2)32(30)22-20-21(26-23(24)27-22)25-19(3)29(20)13-11-9-7-5-4-6-8-10-12-28-14-16-31-17-15-28/h18H,4-17H2,1-3H3. The minimum Gasteiger partial charge on any atom is -0.379 e. The number of morpholine rings is 1. The molecule has 0 aromatic carbocycles. The molecule has 1 aliphatic rings. The first-order valence-electron chi connectivity index (χ1n) is 12.1. The highest BCUT2D eigenvalue weighted by Crippen LogP contribution is 2.24. The van der Waals surface area contributed by atoms with E-state index in [1.165, 1.54) is 51.5 Å². The molecule has 180 valence electrons. The van der Waals surface area contributed by atoms with Crippen LogP contribution >= 0.6 is 11.6 Å². The van der Waals surface area contributed by atoms with Gasteiger partial charge < -0.3 is 9.30 Å². The molecule has 0 saturated carbocycles. The fourth-order valence-electron chi connectivity index (χ4n) is 4.22. The number of unbranched alkanes of at least 4 members (excludes halogenated alkanes) is 7. The number of halogens is 1. The molecule has 1 atom stereocenters. The van der Waals surface area contributed by atoms with Crippen molar-refractivity contribution in [2.24, 2.45) is 0 Å². The van der Waals surface area contributed by atoms with Gasteiger partial charge in [-0.05, 0) is 37.9 Å². The van der Waals surface area contributed by atoms with Gasteiger partial charge in [-0.25, -0.2) is 9.97 Å². The van der Waals surface area contributed by atoms with Crippen molar-refractivity contribution < 1.29 is 8.95 Å². The monoisotopic (exact) mass is 483 g/mol. The molecule has 3 heterocycles. The van der Waals surface area contributed by atoms with Gasteiger partial charge in [-0.2, -0.15) is 4.98 Å². The summed E-state index contributed by atoms with van der Waals surface area (Å²) < 4.78 is 20.3. The van der Waals surface area contributed by atoms with Crippen LogP contribution in [0.2, 0.25) is 5.28 Å². The molecular formula is C23H38ClN5O2S. The third-order valence-corrected chi connectivity index (χ3v) is 7.75. The zero-order valence-corrected chi connectivity index (χ0v) is 21.4. The molecule has 0 N–H and O–H groups in total. The molecule has 9 heteroatoms. The molecule has 0 radical (unpaired) electrons. The van der Waals surface area contributed by atoms with Gasteiger partial charge in [0.05, 0.1) is 24.0 Å². The fourth-order valence-corrected chi connectivity index (χ4v) is 5.44. The number of fused-ring (bicyclic) bond motifs is 1. The van der Waals surface area contributed by atoms with Crippen LogP contribution in [0.25, 0.3) is 11.2 Å². The summed E-state index contributed by atoms with van der Waals surface area (Å²) in [7, 11) is -1.24. The highest BCUT2D eigenvalue weighted by molar-refractivity contribution is 7.85. The van der Waals surface area contributed by atoms with Crippen molar-refractivity contribution in [3.05, 3.63) is 11.1 Å². The van der Waals surface area contributed by atoms with Gasteiger partial charge in [-0.15, -0.1) is 0 Å². The van der Waals surface area contributed by atoms with Crippen molar-refractivity contribution in [2.45, 2.75) is 89.0 Å². The Morgan fingerprint density at radius 1 is 0.938 bits per heavy atom. The van der Waals surface area contributed by atoms with E-state index in [-0.39, 0.29) is 10.5 Å². The van der Waals surface area contributed by atoms with Gasteiger partial charge >= 0.3 is 0 Å². The van der Waals surface area contributed by atoms with Crippen LogP contribution in [0.3, 0.4) is 0 Å². The predicted octanol–water partition coefficient (Wildman–Crippen LogP) is 4.76. The number of rotatable bonds is 13. The van der Waals surface area contributed by atoms with E-state index in [2.05, 4.69) is 24.4 Å². The molecule has 0 amide bonds. The molecule has 0 bridgehead atoms. The quantitative estimate of drug-likeness (QED) is 0.232. The molecule has 2 aromatic heterocycles. The molecular weight excluding hydrogens is 446 g/mol. The number of aryl methyl sites for hydroxylation is 2. The van der Waals surface area contributed by atoms with Crippen LogP contribution < -0.4 is 0 Å². The number of aromatic nitrogens is 4. The van der Waals surface area contributed by atoms with E-state index in [1.807, 2.05) is 20.8 Å². The van der Waals surface area contributed by atoms with Gasteiger partial charge in [0, 0.05) is 24.9 Å². The van der Waals surface area contributed by atoms with Crippen LogP contribution in [0.1, 0.15) is 71.0 Å². The second-order valence-corrected chi connectivity index (χ2v) is 11.2. The number of ether oxygens (including phenoxy) is 1. The lowest BCUT2D eigenvalue weighted by molar-refractivity contribution is 0.0371. The first-order valence-corrected chi connectivity index (χ1v) is 13.7. The number of imidazole rings is 1. The SMILES string of the molecule is Cc1nc2nc(Cl)nc(S(=O)C(C)C)c2n1CCCCCCCCCCN1CCOCC1. The lowest BCUT2D eigenvalue weighted by Gasteiger charge is -2.26. The zero-order chi connectivity index (χ0) is 22.9. The summed E-state index contributed by atoms with van der Waals surface area (Å²) in [6.45, 7) is 11.9. The Kier molecular flexibility index (Phi) is 10.3. The first-order chi connectivity index (χ1) is 15.5. The summed E-state index contributed by atoms with van der Waals surface area (Å²) in [4.78, 5) is 15.6. The Bertz CT molecular complexity index is 883. The minimum atomic E-state index is -1.24. The first kappa shape index (κ1) is 25.5. The minimum absolute atomic E-state index is 0.0401. The lowest BCUT2D eigenvalue weighted by atomic mass is 10.1. The summed E-state index contributed by atoms with van der Waals surface area (Å²) in [5, 5.41) is 0.575. The topological polar surface area (TPSA) is 73.1 Å². The Morgan fingerprint density at radius 3 is 2.16 bits per heavy atom. The van der Waals surface area contributed by atoms with Crippen LogP contribution in [0.5, 0.6) is 0 Å². The molecule has 1 fully saturated rings. The van der Waals surface area contributed by atoms with E-state index in [9.17, 15) is 4.21 Å². The van der Waals surface area contributed by atoms with Gasteiger partial charge in [0.25, 0.3) is 0 Å². The van der Waals surface area contributed by atoms with Crippen LogP contribution in [0.15, 0.2) is 5.03 Å². The Hall–Kier alpha value is -1.09. The maximum atomic E-state index is 12.8. The molecule has 0 spiro atoms. The average molecular weight is 484 g/mol. The van der Waals surface area contributed by atoms with Crippen LogP contribution in [-0.4, -0.2) is 66.7 Å². The third kappa shape index (κ3) is 7.20. The van der Waals surface area contributed by atoms with Gasteiger partial charge in [0.1, 0.15) is 11.3 Å². The average Bonchev–Trinajstić information content (AvgIpc) is 3.09. The third-order valence-electron chi connectivity index (χ3n) is 6.06. The second-order valence-electron chi connectivity index (χ2n) is 8.91. The van der Waals surface area contributed by atoms with E-state index in [1.54, 1.807) is 0 Å². The van der Waals surface area contributed by atoms with Gasteiger partial charge in [-0.1, -0.05) is 52.4 Å². The maximum absolute atomic E-state index is 12.8. The molecule has 0 aliphatic carbocycles. The Labute approximate surface area is 199 Å². The van der Waals surface area contributed by atoms with Crippen molar-refractivity contribution >= 4 is 33.6 Å². The molecule has 1 aliphatic heterocycles. The highest BCUT2D eigenvalue weighted by Gasteiger charge is 2.21. The van der Waals surface area contributed by atoms with E-state index < -0.39 is 10.8 Å². The van der Waals surface area contributed by atoms with E-state index >= 15 is 0 Å². The molecule has 1 unspecified atom stereocenters. The van der Waals surface area contributed by atoms with Crippen molar-refractivity contribution in [1.29, 1.82) is 0 Å². The molecule has 3 rings (SSSR count). The van der Waals surface area contributed by atoms with E-state index in [4.69, 9.17) is 16.3 Å². The van der Waals surface area contributed by atoms with E-state index in [0.717, 1.165) is 50.6 Å². The summed E-state index contributed by atoms with van der Waals surface area (Å²) in [5.74, 6) is 0.874. The van der Waals surface area contributed by atoms with Crippen LogP contribution in [0.4, 0.5) is 0 Å². The number of nitrogens with zero attached hydrogens (tertiary/aromatic N) is 5. The van der Waals surface area contributed by atoms with Gasteiger partial charge in [-0.3, -0.25) is 9.11 Å². The second kappa shape index (κ2) is 13.0. The summed E-state index contributed by atoms with van der Waals surface area (Å²) in [6.07, 6.45) is 10.1. The van der Waals surface area contributed by atoms with Gasteiger partial charge in [0.2, 0.25) is 5.28 Å². The molecule has 7 nitrogen and oxygen atoms in total. The molecule has 2 aromatic rings. The Morgan fingerprint density at radius 2 is 1.53 bits per heavy atom. The molecule has 32 heavy (non-hydrogen) atoms.